The molecule has 2 aromatic heterocycles. The summed E-state index contributed by atoms with van der Waals surface area (Å²) in [4.78, 5) is 25.5. The molecule has 3 heterocycles. The number of fused-ring (bicyclic) bond motifs is 2. The summed E-state index contributed by atoms with van der Waals surface area (Å²) in [7, 11) is 0. The fraction of sp³-hybridized carbons (Fsp3) is 0.304. The molecule has 0 aliphatic carbocycles. The quantitative estimate of drug-likeness (QED) is 0.502. The number of benzene rings is 2. The van der Waals surface area contributed by atoms with Gasteiger partial charge in [-0.15, -0.1) is 0 Å². The highest BCUT2D eigenvalue weighted by atomic mass is 35.5. The van der Waals surface area contributed by atoms with Crippen LogP contribution in [0.25, 0.3) is 21.8 Å². The van der Waals surface area contributed by atoms with Gasteiger partial charge in [-0.2, -0.15) is 0 Å². The lowest BCUT2D eigenvalue weighted by Gasteiger charge is -2.31. The molecule has 0 saturated carbocycles. The van der Waals surface area contributed by atoms with Crippen LogP contribution in [0.1, 0.15) is 30.1 Å². The van der Waals surface area contributed by atoms with Gasteiger partial charge >= 0.3 is 0 Å². The van der Waals surface area contributed by atoms with Crippen molar-refractivity contribution in [2.75, 3.05) is 19.6 Å². The van der Waals surface area contributed by atoms with Crippen molar-refractivity contribution < 1.29 is 4.39 Å². The number of aromatic nitrogens is 3. The Morgan fingerprint density at radius 1 is 1.13 bits per heavy atom. The van der Waals surface area contributed by atoms with Crippen molar-refractivity contribution in [1.82, 2.24) is 19.9 Å². The van der Waals surface area contributed by atoms with E-state index in [1.54, 1.807) is 0 Å². The fourth-order valence-corrected chi connectivity index (χ4v) is 4.56. The zero-order valence-electron chi connectivity index (χ0n) is 16.4. The number of piperidine rings is 1. The largest absolute Gasteiger partial charge is 0.361 e. The summed E-state index contributed by atoms with van der Waals surface area (Å²) < 4.78 is 13.5. The molecule has 30 heavy (non-hydrogen) atoms. The predicted molar refractivity (Wildman–Crippen MR) is 118 cm³/mol. The molecule has 1 saturated heterocycles. The number of nitrogens with zero attached hydrogens (tertiary/aromatic N) is 2. The van der Waals surface area contributed by atoms with Crippen molar-refractivity contribution >= 4 is 33.4 Å². The van der Waals surface area contributed by atoms with Gasteiger partial charge in [-0.05, 0) is 68.2 Å². The average Bonchev–Trinajstić information content (AvgIpc) is 3.14. The summed E-state index contributed by atoms with van der Waals surface area (Å²) in [6.07, 6.45) is 4.86. The van der Waals surface area contributed by atoms with Gasteiger partial charge in [0.1, 0.15) is 11.6 Å². The van der Waals surface area contributed by atoms with E-state index in [1.807, 2.05) is 18.2 Å². The van der Waals surface area contributed by atoms with E-state index in [-0.39, 0.29) is 17.3 Å². The van der Waals surface area contributed by atoms with Gasteiger partial charge in [0, 0.05) is 40.7 Å². The van der Waals surface area contributed by atoms with Crippen LogP contribution in [-0.4, -0.2) is 39.5 Å². The van der Waals surface area contributed by atoms with E-state index in [1.165, 1.54) is 29.1 Å². The first-order valence-corrected chi connectivity index (χ1v) is 10.6. The standard InChI is InChI=1S/C23H22ClFN4O/c24-16-1-4-20-19(11-16)15(13-26-20)7-10-29-8-5-14(6-9-29)22-27-21-12-17(25)2-3-18(21)23(30)28-22/h1-4,11-14,26H,5-10H2,(H,27,28,30). The molecule has 5 rings (SSSR count). The average molecular weight is 425 g/mol. The number of halogens is 2. The van der Waals surface area contributed by atoms with Gasteiger partial charge in [-0.3, -0.25) is 4.79 Å². The Morgan fingerprint density at radius 2 is 1.97 bits per heavy atom. The van der Waals surface area contributed by atoms with Gasteiger partial charge in [-0.1, -0.05) is 11.6 Å². The number of nitrogens with one attached hydrogen (secondary N) is 2. The first kappa shape index (κ1) is 19.3. The minimum atomic E-state index is -0.375. The molecule has 0 unspecified atom stereocenters. The predicted octanol–water partition coefficient (Wildman–Crippen LogP) is 4.62. The van der Waals surface area contributed by atoms with E-state index in [0.29, 0.717) is 16.7 Å². The summed E-state index contributed by atoms with van der Waals surface area (Å²) in [5.74, 6) is 0.484. The van der Waals surface area contributed by atoms with Crippen LogP contribution in [0.15, 0.2) is 47.4 Å². The topological polar surface area (TPSA) is 64.8 Å². The van der Waals surface area contributed by atoms with E-state index in [0.717, 1.165) is 49.4 Å². The highest BCUT2D eigenvalue weighted by Crippen LogP contribution is 2.27. The fourth-order valence-electron chi connectivity index (χ4n) is 4.39. The Bertz CT molecular complexity index is 1270. The molecule has 0 amide bonds. The second kappa shape index (κ2) is 7.85. The third-order valence-corrected chi connectivity index (χ3v) is 6.32. The van der Waals surface area contributed by atoms with Gasteiger partial charge in [0.15, 0.2) is 0 Å². The number of aromatic amines is 2. The van der Waals surface area contributed by atoms with Gasteiger partial charge < -0.3 is 14.9 Å². The molecule has 7 heteroatoms. The molecule has 0 spiro atoms. The SMILES string of the molecule is O=c1[nH]c(C2CCN(CCc3c[nH]c4ccc(Cl)cc34)CC2)nc2cc(F)ccc12. The second-order valence-electron chi connectivity index (χ2n) is 7.98. The lowest BCUT2D eigenvalue weighted by atomic mass is 9.95. The van der Waals surface area contributed by atoms with Gasteiger partial charge in [0.25, 0.3) is 5.56 Å². The normalized spacial score (nSPS) is 15.9. The minimum absolute atomic E-state index is 0.188. The zero-order chi connectivity index (χ0) is 20.7. The Balaban J connectivity index is 1.25. The second-order valence-corrected chi connectivity index (χ2v) is 8.42. The minimum Gasteiger partial charge on any atom is -0.361 e. The van der Waals surface area contributed by atoms with Crippen molar-refractivity contribution in [3.05, 3.63) is 75.2 Å². The molecule has 0 radical (unpaired) electrons. The molecule has 154 valence electrons. The molecule has 1 fully saturated rings. The van der Waals surface area contributed by atoms with Crippen LogP contribution in [0.5, 0.6) is 0 Å². The molecule has 1 aliphatic heterocycles. The van der Waals surface area contributed by atoms with Crippen LogP contribution in [0.2, 0.25) is 5.02 Å². The van der Waals surface area contributed by atoms with Gasteiger partial charge in [0.05, 0.1) is 10.9 Å². The highest BCUT2D eigenvalue weighted by Gasteiger charge is 2.23. The Kier molecular flexibility index (Phi) is 5.05. The summed E-state index contributed by atoms with van der Waals surface area (Å²) >= 11 is 6.15. The smallest absolute Gasteiger partial charge is 0.258 e. The molecule has 2 aromatic carbocycles. The zero-order valence-corrected chi connectivity index (χ0v) is 17.2. The number of hydrogen-bond donors (Lipinski definition) is 2. The molecule has 5 nitrogen and oxygen atoms in total. The lowest BCUT2D eigenvalue weighted by molar-refractivity contribution is 0.211. The summed E-state index contributed by atoms with van der Waals surface area (Å²) in [5.41, 5.74) is 2.61. The molecule has 0 bridgehead atoms. The van der Waals surface area contributed by atoms with Crippen molar-refractivity contribution in [2.45, 2.75) is 25.2 Å². The van der Waals surface area contributed by atoms with Crippen LogP contribution in [0, 0.1) is 5.82 Å². The third-order valence-electron chi connectivity index (χ3n) is 6.09. The highest BCUT2D eigenvalue weighted by molar-refractivity contribution is 6.31. The Morgan fingerprint density at radius 3 is 2.80 bits per heavy atom. The molecule has 4 aromatic rings. The van der Waals surface area contributed by atoms with Crippen LogP contribution in [0.3, 0.4) is 0 Å². The molecule has 0 atom stereocenters. The monoisotopic (exact) mass is 424 g/mol. The number of H-pyrrole nitrogens is 2. The maximum Gasteiger partial charge on any atom is 0.258 e. The van der Waals surface area contributed by atoms with Crippen LogP contribution < -0.4 is 5.56 Å². The molecule has 2 N–H and O–H groups in total. The van der Waals surface area contributed by atoms with Crippen molar-refractivity contribution in [3.8, 4) is 0 Å². The Hall–Kier alpha value is -2.70. The third kappa shape index (κ3) is 3.73. The summed E-state index contributed by atoms with van der Waals surface area (Å²) in [5, 5.41) is 2.36. The number of likely N-dealkylation sites (tertiary alicyclic amines) is 1. The van der Waals surface area contributed by atoms with Gasteiger partial charge in [-0.25, -0.2) is 9.37 Å². The molecule has 1 aliphatic rings. The van der Waals surface area contributed by atoms with Crippen LogP contribution in [0.4, 0.5) is 4.39 Å². The van der Waals surface area contributed by atoms with Crippen LogP contribution >= 0.6 is 11.6 Å². The summed E-state index contributed by atoms with van der Waals surface area (Å²) in [6.45, 7) is 2.86. The van der Waals surface area contributed by atoms with E-state index in [4.69, 9.17) is 11.6 Å². The lowest BCUT2D eigenvalue weighted by Crippen LogP contribution is -2.35. The van der Waals surface area contributed by atoms with E-state index >= 15 is 0 Å². The van der Waals surface area contributed by atoms with E-state index in [2.05, 4.69) is 26.0 Å². The van der Waals surface area contributed by atoms with E-state index < -0.39 is 0 Å². The first-order chi connectivity index (χ1) is 14.6. The van der Waals surface area contributed by atoms with E-state index in [9.17, 15) is 9.18 Å². The molecular weight excluding hydrogens is 403 g/mol. The maximum absolute atomic E-state index is 13.5. The number of hydrogen-bond acceptors (Lipinski definition) is 3. The van der Waals surface area contributed by atoms with Crippen molar-refractivity contribution in [2.24, 2.45) is 0 Å². The maximum atomic E-state index is 13.5. The van der Waals surface area contributed by atoms with Crippen molar-refractivity contribution in [1.29, 1.82) is 0 Å². The first-order valence-electron chi connectivity index (χ1n) is 10.2. The molecular formula is C23H22ClFN4O. The Labute approximate surface area is 177 Å². The number of rotatable bonds is 4. The summed E-state index contributed by atoms with van der Waals surface area (Å²) in [6, 6.07) is 10.0. The van der Waals surface area contributed by atoms with Crippen LogP contribution in [-0.2, 0) is 6.42 Å². The van der Waals surface area contributed by atoms with Gasteiger partial charge in [0.2, 0.25) is 0 Å². The van der Waals surface area contributed by atoms with Crippen molar-refractivity contribution in [3.63, 3.8) is 0 Å².